The van der Waals surface area contributed by atoms with Gasteiger partial charge in [0.15, 0.2) is 9.84 Å². The normalized spacial score (nSPS) is 14.9. The number of rotatable bonds is 6. The van der Waals surface area contributed by atoms with Crippen LogP contribution in [-0.2, 0) is 25.8 Å². The molecule has 6 nitrogen and oxygen atoms in total. The van der Waals surface area contributed by atoms with Crippen LogP contribution >= 0.6 is 0 Å². The fraction of sp³-hybridized carbons (Fsp3) is 0.364. The van der Waals surface area contributed by atoms with Crippen LogP contribution in [0, 0.1) is 0 Å². The second-order valence-electron chi connectivity index (χ2n) is 7.52. The predicted octanol–water partition coefficient (Wildman–Crippen LogP) is 3.57. The summed E-state index contributed by atoms with van der Waals surface area (Å²) in [5, 5.41) is 2.36. The lowest BCUT2D eigenvalue weighted by Gasteiger charge is -2.27. The van der Waals surface area contributed by atoms with Crippen molar-refractivity contribution in [2.75, 3.05) is 16.8 Å². The van der Waals surface area contributed by atoms with Crippen molar-refractivity contribution in [1.82, 2.24) is 0 Å². The van der Waals surface area contributed by atoms with Gasteiger partial charge < -0.3 is 10.2 Å². The molecule has 0 bridgehead atoms. The maximum atomic E-state index is 12.4. The average Bonchev–Trinajstić information content (AvgIpc) is 2.68. The Morgan fingerprint density at radius 3 is 2.48 bits per heavy atom. The third kappa shape index (κ3) is 5.03. The van der Waals surface area contributed by atoms with E-state index in [0.29, 0.717) is 18.7 Å². The van der Waals surface area contributed by atoms with Crippen LogP contribution in [0.3, 0.4) is 0 Å². The van der Waals surface area contributed by atoms with Crippen LogP contribution in [0.5, 0.6) is 0 Å². The van der Waals surface area contributed by atoms with Gasteiger partial charge in [0.2, 0.25) is 11.8 Å². The van der Waals surface area contributed by atoms with Crippen LogP contribution in [0.4, 0.5) is 11.4 Å². The monoisotopic (exact) mass is 414 g/mol. The van der Waals surface area contributed by atoms with E-state index in [-0.39, 0.29) is 23.1 Å². The molecule has 1 aliphatic heterocycles. The van der Waals surface area contributed by atoms with Gasteiger partial charge in [-0.15, -0.1) is 0 Å². The van der Waals surface area contributed by atoms with Crippen LogP contribution < -0.4 is 10.2 Å². The molecular weight excluding hydrogens is 388 g/mol. The molecule has 0 aromatic heterocycles. The predicted molar refractivity (Wildman–Crippen MR) is 114 cm³/mol. The molecule has 29 heavy (non-hydrogen) atoms. The minimum absolute atomic E-state index is 0.108. The lowest BCUT2D eigenvalue weighted by Crippen LogP contribution is -2.35. The number of anilines is 2. The van der Waals surface area contributed by atoms with E-state index >= 15 is 0 Å². The molecule has 1 N–H and O–H groups in total. The van der Waals surface area contributed by atoms with Gasteiger partial charge in [0.25, 0.3) is 0 Å². The summed E-state index contributed by atoms with van der Waals surface area (Å²) in [5.41, 5.74) is 2.15. The second-order valence-corrected chi connectivity index (χ2v) is 10.0. The zero-order valence-corrected chi connectivity index (χ0v) is 17.5. The highest BCUT2D eigenvalue weighted by Crippen LogP contribution is 2.24. The first-order valence-corrected chi connectivity index (χ1v) is 11.3. The summed E-state index contributed by atoms with van der Waals surface area (Å²) in [6.45, 7) is 3.98. The van der Waals surface area contributed by atoms with Crippen molar-refractivity contribution in [1.29, 1.82) is 0 Å². The van der Waals surface area contributed by atoms with Gasteiger partial charge in [-0.2, -0.15) is 0 Å². The number of piperidine rings is 1. The third-order valence-electron chi connectivity index (χ3n) is 5.00. The largest absolute Gasteiger partial charge is 0.326 e. The SMILES string of the molecule is CC(C)S(=O)(=O)c1ccc(CC(=O)Nc2cccc(N3CCCCC3=O)c2)cc1. The minimum atomic E-state index is -3.32. The van der Waals surface area contributed by atoms with Gasteiger partial charge in [-0.1, -0.05) is 18.2 Å². The quantitative estimate of drug-likeness (QED) is 0.783. The lowest BCUT2D eigenvalue weighted by molar-refractivity contribution is -0.119. The number of hydrogen-bond donors (Lipinski definition) is 1. The Balaban J connectivity index is 1.65. The smallest absolute Gasteiger partial charge is 0.228 e. The molecule has 0 aliphatic carbocycles. The first-order chi connectivity index (χ1) is 13.8. The van der Waals surface area contributed by atoms with E-state index in [1.54, 1.807) is 55.1 Å². The molecule has 0 spiro atoms. The Labute approximate surface area is 171 Å². The molecule has 7 heteroatoms. The van der Waals surface area contributed by atoms with Crippen LogP contribution in [-0.4, -0.2) is 32.0 Å². The number of hydrogen-bond acceptors (Lipinski definition) is 4. The molecule has 154 valence electrons. The van der Waals surface area contributed by atoms with E-state index in [1.165, 1.54) is 0 Å². The summed E-state index contributed by atoms with van der Waals surface area (Å²) >= 11 is 0. The Morgan fingerprint density at radius 2 is 1.83 bits per heavy atom. The van der Waals surface area contributed by atoms with Crippen molar-refractivity contribution in [2.45, 2.75) is 49.7 Å². The topological polar surface area (TPSA) is 83.6 Å². The first kappa shape index (κ1) is 21.0. The number of amides is 2. The highest BCUT2D eigenvalue weighted by molar-refractivity contribution is 7.92. The number of nitrogens with zero attached hydrogens (tertiary/aromatic N) is 1. The lowest BCUT2D eigenvalue weighted by atomic mass is 10.1. The Bertz CT molecular complexity index is 998. The van der Waals surface area contributed by atoms with Gasteiger partial charge in [-0.05, 0) is 62.6 Å². The van der Waals surface area contributed by atoms with Gasteiger partial charge >= 0.3 is 0 Å². The van der Waals surface area contributed by atoms with Crippen LogP contribution in [0.25, 0.3) is 0 Å². The van der Waals surface area contributed by atoms with E-state index < -0.39 is 15.1 Å². The summed E-state index contributed by atoms with van der Waals surface area (Å²) in [4.78, 5) is 26.5. The molecule has 0 unspecified atom stereocenters. The maximum Gasteiger partial charge on any atom is 0.228 e. The standard InChI is InChI=1S/C22H26N2O4S/c1-16(2)29(27,28)20-11-9-17(10-12-20)14-21(25)23-18-6-5-7-19(15-18)24-13-4-3-8-22(24)26/h5-7,9-12,15-16H,3-4,8,13-14H2,1-2H3,(H,23,25). The van der Waals surface area contributed by atoms with Crippen LogP contribution in [0.2, 0.25) is 0 Å². The van der Waals surface area contributed by atoms with Gasteiger partial charge in [-0.3, -0.25) is 9.59 Å². The Kier molecular flexibility index (Phi) is 6.37. The molecule has 0 saturated carbocycles. The molecule has 1 heterocycles. The number of carbonyl (C=O) groups excluding carboxylic acids is 2. The molecule has 2 aromatic rings. The Morgan fingerprint density at radius 1 is 1.10 bits per heavy atom. The van der Waals surface area contributed by atoms with E-state index in [1.807, 2.05) is 12.1 Å². The van der Waals surface area contributed by atoms with E-state index in [9.17, 15) is 18.0 Å². The van der Waals surface area contributed by atoms with E-state index in [4.69, 9.17) is 0 Å². The number of benzene rings is 2. The third-order valence-corrected chi connectivity index (χ3v) is 7.17. The molecule has 2 amide bonds. The average molecular weight is 415 g/mol. The molecule has 0 radical (unpaired) electrons. The van der Waals surface area contributed by atoms with Gasteiger partial charge in [-0.25, -0.2) is 8.42 Å². The number of sulfone groups is 1. The van der Waals surface area contributed by atoms with Gasteiger partial charge in [0.1, 0.15) is 0 Å². The summed E-state index contributed by atoms with van der Waals surface area (Å²) in [5.74, 6) is -0.0947. The van der Waals surface area contributed by atoms with Gasteiger partial charge in [0, 0.05) is 24.3 Å². The first-order valence-electron chi connectivity index (χ1n) is 9.80. The van der Waals surface area contributed by atoms with Crippen molar-refractivity contribution >= 4 is 33.0 Å². The van der Waals surface area contributed by atoms with E-state index in [0.717, 1.165) is 24.1 Å². The molecule has 2 aromatic carbocycles. The molecule has 1 aliphatic rings. The second kappa shape index (κ2) is 8.78. The highest BCUT2D eigenvalue weighted by atomic mass is 32.2. The number of nitrogens with one attached hydrogen (secondary N) is 1. The summed E-state index contributed by atoms with van der Waals surface area (Å²) < 4.78 is 24.4. The van der Waals surface area contributed by atoms with Crippen molar-refractivity contribution in [3.8, 4) is 0 Å². The summed E-state index contributed by atoms with van der Waals surface area (Å²) in [6, 6.07) is 13.7. The van der Waals surface area contributed by atoms with Gasteiger partial charge in [0.05, 0.1) is 16.6 Å². The minimum Gasteiger partial charge on any atom is -0.326 e. The zero-order chi connectivity index (χ0) is 21.0. The van der Waals surface area contributed by atoms with Crippen LogP contribution in [0.15, 0.2) is 53.4 Å². The van der Waals surface area contributed by atoms with Crippen molar-refractivity contribution < 1.29 is 18.0 Å². The zero-order valence-electron chi connectivity index (χ0n) is 16.7. The number of carbonyl (C=O) groups is 2. The summed E-state index contributed by atoms with van der Waals surface area (Å²) in [6.07, 6.45) is 2.59. The highest BCUT2D eigenvalue weighted by Gasteiger charge is 2.20. The molecule has 3 rings (SSSR count). The van der Waals surface area contributed by atoms with Crippen molar-refractivity contribution in [3.05, 3.63) is 54.1 Å². The van der Waals surface area contributed by atoms with Crippen molar-refractivity contribution in [2.24, 2.45) is 0 Å². The fourth-order valence-electron chi connectivity index (χ4n) is 3.29. The Hall–Kier alpha value is -2.67. The maximum absolute atomic E-state index is 12.4. The van der Waals surface area contributed by atoms with E-state index in [2.05, 4.69) is 5.32 Å². The summed E-state index contributed by atoms with van der Waals surface area (Å²) in [7, 11) is -3.32. The molecule has 1 saturated heterocycles. The fourth-order valence-corrected chi connectivity index (χ4v) is 4.35. The molecular formula is C22H26N2O4S. The molecule has 1 fully saturated rings. The van der Waals surface area contributed by atoms with Crippen molar-refractivity contribution in [3.63, 3.8) is 0 Å². The molecule has 0 atom stereocenters. The van der Waals surface area contributed by atoms with Crippen LogP contribution in [0.1, 0.15) is 38.7 Å².